The molecule has 1 fully saturated rings. The highest BCUT2D eigenvalue weighted by atomic mass is 35.5. The third-order valence-electron chi connectivity index (χ3n) is 4.31. The highest BCUT2D eigenvalue weighted by molar-refractivity contribution is 5.86. The van der Waals surface area contributed by atoms with Crippen LogP contribution in [0.4, 0.5) is 13.2 Å². The van der Waals surface area contributed by atoms with Gasteiger partial charge in [0.05, 0.1) is 12.7 Å². The summed E-state index contributed by atoms with van der Waals surface area (Å²) in [5.74, 6) is 0. The number of ether oxygens (including phenoxy) is 1. The van der Waals surface area contributed by atoms with Crippen molar-refractivity contribution in [3.05, 3.63) is 53.9 Å². The maximum atomic E-state index is 12.9. The third-order valence-corrected chi connectivity index (χ3v) is 4.31. The average molecular weight is 384 g/mol. The quantitative estimate of drug-likeness (QED) is 0.692. The van der Waals surface area contributed by atoms with E-state index in [0.29, 0.717) is 17.9 Å². The Morgan fingerprint density at radius 3 is 2.69 bits per heavy atom. The molecule has 0 bridgehead atoms. The first-order chi connectivity index (χ1) is 12.0. The van der Waals surface area contributed by atoms with E-state index >= 15 is 0 Å². The smallest absolute Gasteiger partial charge is 0.371 e. The van der Waals surface area contributed by atoms with Crippen molar-refractivity contribution in [2.45, 2.75) is 12.3 Å². The van der Waals surface area contributed by atoms with Crippen LogP contribution in [0.3, 0.4) is 0 Å². The van der Waals surface area contributed by atoms with Gasteiger partial charge in [-0.3, -0.25) is 4.98 Å². The zero-order valence-corrected chi connectivity index (χ0v) is 14.5. The van der Waals surface area contributed by atoms with E-state index in [0.717, 1.165) is 35.6 Å². The molecular weight excluding hydrogens is 367 g/mol. The normalized spacial score (nSPS) is 17.9. The summed E-state index contributed by atoms with van der Waals surface area (Å²) in [4.78, 5) is 6.60. The standard InChI is InChI=1S/C18H16F3N3O.ClH/c19-18(20,21)17-9-12(3-4-23-17)14-7-11-1-2-13(8-15(11)24-14)16-10-22-5-6-25-16;/h1-4,7-9,16,22,24H,5-6,10H2;1H/t16-;/m0./s1. The summed E-state index contributed by atoms with van der Waals surface area (Å²) in [5.41, 5.74) is 2.09. The number of hydrogen-bond acceptors (Lipinski definition) is 3. The Hall–Kier alpha value is -2.09. The van der Waals surface area contributed by atoms with Gasteiger partial charge in [0.15, 0.2) is 0 Å². The lowest BCUT2D eigenvalue weighted by Crippen LogP contribution is -2.33. The summed E-state index contributed by atoms with van der Waals surface area (Å²) in [6.45, 7) is 2.25. The van der Waals surface area contributed by atoms with Gasteiger partial charge in [-0.2, -0.15) is 13.2 Å². The van der Waals surface area contributed by atoms with Gasteiger partial charge in [0, 0.05) is 41.4 Å². The number of alkyl halides is 3. The number of rotatable bonds is 2. The molecule has 2 aromatic heterocycles. The fraction of sp³-hybridized carbons (Fsp3) is 0.278. The van der Waals surface area contributed by atoms with Crippen LogP contribution in [0.2, 0.25) is 0 Å². The van der Waals surface area contributed by atoms with Crippen LogP contribution >= 0.6 is 12.4 Å². The lowest BCUT2D eigenvalue weighted by atomic mass is 10.1. The van der Waals surface area contributed by atoms with Crippen LogP contribution in [0.1, 0.15) is 17.4 Å². The second-order valence-electron chi connectivity index (χ2n) is 6.02. The van der Waals surface area contributed by atoms with Crippen molar-refractivity contribution in [2.75, 3.05) is 19.7 Å². The van der Waals surface area contributed by atoms with Gasteiger partial charge in [-0.05, 0) is 29.8 Å². The van der Waals surface area contributed by atoms with E-state index in [-0.39, 0.29) is 18.5 Å². The van der Waals surface area contributed by atoms with Crippen LogP contribution in [-0.4, -0.2) is 29.7 Å². The first-order valence-electron chi connectivity index (χ1n) is 7.99. The van der Waals surface area contributed by atoms with E-state index in [1.165, 1.54) is 6.20 Å². The van der Waals surface area contributed by atoms with Crippen molar-refractivity contribution in [1.82, 2.24) is 15.3 Å². The lowest BCUT2D eigenvalue weighted by Gasteiger charge is -2.23. The minimum absolute atomic E-state index is 0. The number of hydrogen-bond donors (Lipinski definition) is 2. The van der Waals surface area contributed by atoms with E-state index in [1.54, 1.807) is 6.07 Å². The minimum Gasteiger partial charge on any atom is -0.371 e. The fourth-order valence-electron chi connectivity index (χ4n) is 3.03. The largest absolute Gasteiger partial charge is 0.433 e. The Morgan fingerprint density at radius 2 is 1.96 bits per heavy atom. The SMILES string of the molecule is Cl.FC(F)(F)c1cc(-c2cc3ccc([C@@H]4CNCCO4)cc3[nH]2)ccn1. The molecule has 3 heterocycles. The maximum absolute atomic E-state index is 12.9. The van der Waals surface area contributed by atoms with Gasteiger partial charge in [0.1, 0.15) is 5.69 Å². The second-order valence-corrected chi connectivity index (χ2v) is 6.02. The molecule has 0 amide bonds. The number of nitrogens with one attached hydrogen (secondary N) is 2. The molecule has 26 heavy (non-hydrogen) atoms. The second kappa shape index (κ2) is 7.26. The predicted molar refractivity (Wildman–Crippen MR) is 95.3 cm³/mol. The van der Waals surface area contributed by atoms with Crippen LogP contribution in [0.5, 0.6) is 0 Å². The van der Waals surface area contributed by atoms with Crippen molar-refractivity contribution < 1.29 is 17.9 Å². The zero-order chi connectivity index (χ0) is 17.4. The van der Waals surface area contributed by atoms with Gasteiger partial charge in [-0.25, -0.2) is 0 Å². The molecular formula is C18H17ClF3N3O. The third kappa shape index (κ3) is 3.70. The lowest BCUT2D eigenvalue weighted by molar-refractivity contribution is -0.141. The molecule has 8 heteroatoms. The van der Waals surface area contributed by atoms with E-state index in [2.05, 4.69) is 15.3 Å². The molecule has 4 nitrogen and oxygen atoms in total. The predicted octanol–water partition coefficient (Wildman–Crippen LogP) is 4.33. The number of benzene rings is 1. The number of halogens is 4. The average Bonchev–Trinajstić information content (AvgIpc) is 3.05. The molecule has 0 spiro atoms. The van der Waals surface area contributed by atoms with Gasteiger partial charge in [0.25, 0.3) is 0 Å². The monoisotopic (exact) mass is 383 g/mol. The van der Waals surface area contributed by atoms with Crippen molar-refractivity contribution in [1.29, 1.82) is 0 Å². The van der Waals surface area contributed by atoms with Crippen molar-refractivity contribution >= 4 is 23.3 Å². The molecule has 2 N–H and O–H groups in total. The van der Waals surface area contributed by atoms with Gasteiger partial charge in [0.2, 0.25) is 0 Å². The van der Waals surface area contributed by atoms with Crippen molar-refractivity contribution in [3.8, 4) is 11.3 Å². The summed E-state index contributed by atoms with van der Waals surface area (Å²) < 4.78 is 44.3. The van der Waals surface area contributed by atoms with E-state index in [1.807, 2.05) is 24.3 Å². The molecule has 1 saturated heterocycles. The zero-order valence-electron chi connectivity index (χ0n) is 13.6. The van der Waals surface area contributed by atoms with Crippen LogP contribution in [0.15, 0.2) is 42.6 Å². The van der Waals surface area contributed by atoms with Crippen molar-refractivity contribution in [3.63, 3.8) is 0 Å². The summed E-state index contributed by atoms with van der Waals surface area (Å²) in [7, 11) is 0. The number of aromatic nitrogens is 2. The molecule has 0 aliphatic carbocycles. The first-order valence-corrected chi connectivity index (χ1v) is 7.99. The van der Waals surface area contributed by atoms with Crippen molar-refractivity contribution in [2.24, 2.45) is 0 Å². The molecule has 0 radical (unpaired) electrons. The Labute approximate surface area is 154 Å². The fourth-order valence-corrected chi connectivity index (χ4v) is 3.03. The summed E-state index contributed by atoms with van der Waals surface area (Å²) in [6.07, 6.45) is -3.29. The summed E-state index contributed by atoms with van der Waals surface area (Å²) in [5, 5.41) is 4.22. The number of aromatic amines is 1. The Morgan fingerprint density at radius 1 is 1.12 bits per heavy atom. The molecule has 0 saturated carbocycles. The summed E-state index contributed by atoms with van der Waals surface area (Å²) in [6, 6.07) is 10.4. The van der Waals surface area contributed by atoms with Gasteiger partial charge in [-0.15, -0.1) is 12.4 Å². The molecule has 1 aliphatic heterocycles. The molecule has 1 atom stereocenters. The minimum atomic E-state index is -4.46. The Balaban J connectivity index is 0.00000196. The Kier molecular flexibility index (Phi) is 5.22. The van der Waals surface area contributed by atoms with E-state index < -0.39 is 11.9 Å². The highest BCUT2D eigenvalue weighted by Crippen LogP contribution is 2.32. The van der Waals surface area contributed by atoms with Crippen LogP contribution in [-0.2, 0) is 10.9 Å². The van der Waals surface area contributed by atoms with Gasteiger partial charge >= 0.3 is 6.18 Å². The van der Waals surface area contributed by atoms with Crippen LogP contribution < -0.4 is 5.32 Å². The number of morpholine rings is 1. The molecule has 4 rings (SSSR count). The molecule has 1 aliphatic rings. The van der Waals surface area contributed by atoms with Gasteiger partial charge in [-0.1, -0.05) is 12.1 Å². The highest BCUT2D eigenvalue weighted by Gasteiger charge is 2.32. The maximum Gasteiger partial charge on any atom is 0.433 e. The molecule has 0 unspecified atom stereocenters. The summed E-state index contributed by atoms with van der Waals surface area (Å²) >= 11 is 0. The molecule has 138 valence electrons. The van der Waals surface area contributed by atoms with Crippen LogP contribution in [0, 0.1) is 0 Å². The molecule has 1 aromatic carbocycles. The number of nitrogens with zero attached hydrogens (tertiary/aromatic N) is 1. The number of fused-ring (bicyclic) bond motifs is 1. The topological polar surface area (TPSA) is 49.9 Å². The van der Waals surface area contributed by atoms with Gasteiger partial charge < -0.3 is 15.0 Å². The number of pyridine rings is 1. The van der Waals surface area contributed by atoms with Crippen LogP contribution in [0.25, 0.3) is 22.2 Å². The van der Waals surface area contributed by atoms with E-state index in [4.69, 9.17) is 4.74 Å². The molecule has 3 aromatic rings. The Bertz CT molecular complexity index is 904. The number of H-pyrrole nitrogens is 1. The first kappa shape index (κ1) is 18.7. The van der Waals surface area contributed by atoms with E-state index in [9.17, 15) is 13.2 Å².